The van der Waals surface area contributed by atoms with Gasteiger partial charge in [-0.3, -0.25) is 5.32 Å². The minimum Gasteiger partial charge on any atom is -0.444 e. The van der Waals surface area contributed by atoms with Gasteiger partial charge in [0.15, 0.2) is 5.65 Å². The molecule has 0 aliphatic heterocycles. The van der Waals surface area contributed by atoms with Crippen LogP contribution in [0.5, 0.6) is 0 Å². The number of hydrogen-bond acceptors (Lipinski definition) is 4. The highest BCUT2D eigenvalue weighted by Gasteiger charge is 2.20. The molecule has 3 aromatic rings. The van der Waals surface area contributed by atoms with Crippen LogP contribution in [0.25, 0.3) is 11.0 Å². The summed E-state index contributed by atoms with van der Waals surface area (Å²) in [7, 11) is 0. The number of pyridine rings is 1. The van der Waals surface area contributed by atoms with Gasteiger partial charge in [0.05, 0.1) is 34.0 Å². The predicted molar refractivity (Wildman–Crippen MR) is 105 cm³/mol. The number of rotatable bonds is 3. The lowest BCUT2D eigenvalue weighted by molar-refractivity contribution is 0.0635. The summed E-state index contributed by atoms with van der Waals surface area (Å²) in [4.78, 5) is 16.8. The van der Waals surface area contributed by atoms with Gasteiger partial charge < -0.3 is 4.74 Å². The van der Waals surface area contributed by atoms with Crippen LogP contribution >= 0.6 is 15.9 Å². The fourth-order valence-electron chi connectivity index (χ4n) is 2.58. The van der Waals surface area contributed by atoms with E-state index < -0.39 is 11.7 Å². The Morgan fingerprint density at radius 2 is 1.96 bits per heavy atom. The Kier molecular flexibility index (Phi) is 5.00. The zero-order valence-corrected chi connectivity index (χ0v) is 16.8. The van der Waals surface area contributed by atoms with Gasteiger partial charge in [-0.25, -0.2) is 14.5 Å². The molecule has 0 atom stereocenters. The van der Waals surface area contributed by atoms with Gasteiger partial charge in [-0.15, -0.1) is 0 Å². The van der Waals surface area contributed by atoms with E-state index in [0.717, 1.165) is 21.1 Å². The summed E-state index contributed by atoms with van der Waals surface area (Å²) in [5.41, 5.74) is 2.61. The van der Waals surface area contributed by atoms with Crippen molar-refractivity contribution in [3.63, 3.8) is 0 Å². The van der Waals surface area contributed by atoms with E-state index in [-0.39, 0.29) is 0 Å². The molecule has 2 aromatic heterocycles. The third-order valence-electron chi connectivity index (χ3n) is 3.70. The van der Waals surface area contributed by atoms with Crippen molar-refractivity contribution in [1.29, 1.82) is 0 Å². The summed E-state index contributed by atoms with van der Waals surface area (Å²) in [6.45, 7) is 7.94. The van der Waals surface area contributed by atoms with E-state index in [9.17, 15) is 4.79 Å². The maximum Gasteiger partial charge on any atom is 0.412 e. The molecule has 0 fully saturated rings. The first kappa shape index (κ1) is 18.4. The highest BCUT2D eigenvalue weighted by Crippen LogP contribution is 2.33. The second-order valence-corrected chi connectivity index (χ2v) is 7.83. The number of benzene rings is 1. The third-order valence-corrected chi connectivity index (χ3v) is 4.53. The van der Waals surface area contributed by atoms with Crippen LogP contribution in [-0.2, 0) is 11.3 Å². The second kappa shape index (κ2) is 7.07. The van der Waals surface area contributed by atoms with Crippen LogP contribution in [0.2, 0.25) is 0 Å². The fraction of sp³-hybridized carbons (Fsp3) is 0.316. The Labute approximate surface area is 160 Å². The third kappa shape index (κ3) is 4.04. The van der Waals surface area contributed by atoms with Gasteiger partial charge in [-0.05, 0) is 49.2 Å². The maximum absolute atomic E-state index is 12.1. The van der Waals surface area contributed by atoms with E-state index in [4.69, 9.17) is 4.74 Å². The Hall–Kier alpha value is -2.41. The lowest BCUT2D eigenvalue weighted by Crippen LogP contribution is -2.27. The molecule has 0 saturated carbocycles. The number of amides is 1. The van der Waals surface area contributed by atoms with Gasteiger partial charge in [0, 0.05) is 0 Å². The van der Waals surface area contributed by atoms with Crippen LogP contribution in [0.4, 0.5) is 10.5 Å². The zero-order valence-electron chi connectivity index (χ0n) is 15.2. The molecule has 136 valence electrons. The second-order valence-electron chi connectivity index (χ2n) is 7.04. The van der Waals surface area contributed by atoms with Crippen molar-refractivity contribution in [2.45, 2.75) is 39.8 Å². The first-order valence-corrected chi connectivity index (χ1v) is 9.09. The number of fused-ring (bicyclic) bond motifs is 1. The minimum absolute atomic E-state index is 0.515. The Bertz CT molecular complexity index is 946. The number of ether oxygens (including phenoxy) is 1. The number of carbonyl (C=O) groups is 1. The molecule has 0 saturated heterocycles. The molecule has 6 nitrogen and oxygen atoms in total. The summed E-state index contributed by atoms with van der Waals surface area (Å²) in [6.07, 6.45) is 1.23. The molecule has 3 rings (SSSR count). The largest absolute Gasteiger partial charge is 0.444 e. The Balaban J connectivity index is 1.93. The summed E-state index contributed by atoms with van der Waals surface area (Å²) < 4.78 is 7.92. The normalized spacial score (nSPS) is 11.6. The quantitative estimate of drug-likeness (QED) is 0.659. The molecule has 7 heteroatoms. The van der Waals surface area contributed by atoms with Gasteiger partial charge >= 0.3 is 6.09 Å². The highest BCUT2D eigenvalue weighted by atomic mass is 79.9. The number of carbonyl (C=O) groups excluding carboxylic acids is 1. The average molecular weight is 417 g/mol. The minimum atomic E-state index is -0.567. The molecular formula is C19H21BrN4O2. The highest BCUT2D eigenvalue weighted by molar-refractivity contribution is 9.10. The van der Waals surface area contributed by atoms with Crippen molar-refractivity contribution in [3.8, 4) is 0 Å². The van der Waals surface area contributed by atoms with E-state index in [2.05, 4.69) is 31.3 Å². The van der Waals surface area contributed by atoms with Crippen molar-refractivity contribution in [3.05, 3.63) is 52.3 Å². The number of hydrogen-bond donors (Lipinski definition) is 1. The number of nitrogens with zero attached hydrogens (tertiary/aromatic N) is 3. The number of halogens is 1. The van der Waals surface area contributed by atoms with Crippen molar-refractivity contribution in [2.75, 3.05) is 5.32 Å². The first-order valence-electron chi connectivity index (χ1n) is 8.30. The van der Waals surface area contributed by atoms with Gasteiger partial charge in [0.2, 0.25) is 0 Å². The molecule has 1 amide bonds. The topological polar surface area (TPSA) is 69.0 Å². The monoisotopic (exact) mass is 416 g/mol. The van der Waals surface area contributed by atoms with Crippen LogP contribution in [-0.4, -0.2) is 26.5 Å². The van der Waals surface area contributed by atoms with Gasteiger partial charge in [0.1, 0.15) is 5.60 Å². The molecule has 1 N–H and O–H groups in total. The summed E-state index contributed by atoms with van der Waals surface area (Å²) in [5.74, 6) is 0. The van der Waals surface area contributed by atoms with E-state index >= 15 is 0 Å². The number of aryl methyl sites for hydroxylation is 1. The number of nitrogens with one attached hydrogen (secondary N) is 1. The number of anilines is 1. The van der Waals surface area contributed by atoms with Crippen molar-refractivity contribution in [1.82, 2.24) is 14.8 Å². The van der Waals surface area contributed by atoms with Crippen LogP contribution in [0.1, 0.15) is 32.0 Å². The Morgan fingerprint density at radius 3 is 2.62 bits per heavy atom. The van der Waals surface area contributed by atoms with Crippen LogP contribution < -0.4 is 5.32 Å². The predicted octanol–water partition coefficient (Wildman–Crippen LogP) is 4.90. The zero-order chi connectivity index (χ0) is 18.9. The van der Waals surface area contributed by atoms with Crippen molar-refractivity contribution < 1.29 is 9.53 Å². The van der Waals surface area contributed by atoms with Crippen molar-refractivity contribution in [2.24, 2.45) is 0 Å². The number of aromatic nitrogens is 3. The smallest absolute Gasteiger partial charge is 0.412 e. The Morgan fingerprint density at radius 1 is 1.27 bits per heavy atom. The summed E-state index contributed by atoms with van der Waals surface area (Å²) in [5, 5.41) is 8.06. The van der Waals surface area contributed by atoms with Crippen molar-refractivity contribution >= 4 is 38.7 Å². The molecular weight excluding hydrogens is 396 g/mol. The molecule has 0 unspecified atom stereocenters. The van der Waals surface area contributed by atoms with Gasteiger partial charge in [-0.2, -0.15) is 5.10 Å². The standard InChI is InChI=1S/C19H21BrN4O2/c1-12-16(23-18(25)26-19(2,3)4)15(20)14-10-21-24(17(14)22-12)11-13-8-6-5-7-9-13/h5-10H,11H2,1-4H3,(H,23,25). The average Bonchev–Trinajstić information content (AvgIpc) is 2.93. The first-order chi connectivity index (χ1) is 12.2. The molecule has 0 spiro atoms. The molecule has 26 heavy (non-hydrogen) atoms. The van der Waals surface area contributed by atoms with Crippen LogP contribution in [0, 0.1) is 6.92 Å². The molecule has 2 heterocycles. The lowest BCUT2D eigenvalue weighted by atomic mass is 10.2. The molecule has 0 bridgehead atoms. The van der Waals surface area contributed by atoms with E-state index in [1.165, 1.54) is 0 Å². The van der Waals surface area contributed by atoms with E-state index in [1.54, 1.807) is 6.20 Å². The molecule has 0 radical (unpaired) electrons. The van der Waals surface area contributed by atoms with Gasteiger partial charge in [-0.1, -0.05) is 30.3 Å². The maximum atomic E-state index is 12.1. The SMILES string of the molecule is Cc1nc2c(cnn2Cc2ccccc2)c(Br)c1NC(=O)OC(C)(C)C. The molecule has 1 aromatic carbocycles. The fourth-order valence-corrected chi connectivity index (χ4v) is 3.25. The van der Waals surface area contributed by atoms with Gasteiger partial charge in [0.25, 0.3) is 0 Å². The molecule has 0 aliphatic rings. The summed E-state index contributed by atoms with van der Waals surface area (Å²) >= 11 is 3.58. The van der Waals surface area contributed by atoms with E-state index in [0.29, 0.717) is 17.9 Å². The van der Waals surface area contributed by atoms with E-state index in [1.807, 2.05) is 62.7 Å². The van der Waals surface area contributed by atoms with Crippen LogP contribution in [0.3, 0.4) is 0 Å². The summed E-state index contributed by atoms with van der Waals surface area (Å²) in [6, 6.07) is 10.1. The molecule has 0 aliphatic carbocycles. The van der Waals surface area contributed by atoms with Crippen LogP contribution in [0.15, 0.2) is 41.0 Å². The lowest BCUT2D eigenvalue weighted by Gasteiger charge is -2.20.